The Morgan fingerprint density at radius 2 is 2.15 bits per heavy atom. The van der Waals surface area contributed by atoms with Crippen molar-refractivity contribution in [1.82, 2.24) is 0 Å². The molecule has 0 atom stereocenters. The van der Waals surface area contributed by atoms with E-state index in [0.717, 1.165) is 5.33 Å². The molecule has 0 aliphatic carbocycles. The van der Waals surface area contributed by atoms with E-state index < -0.39 is 0 Å². The number of halogens is 2. The van der Waals surface area contributed by atoms with Gasteiger partial charge in [-0.2, -0.15) is 0 Å². The maximum Gasteiger partial charge on any atom is 0.0359 e. The summed E-state index contributed by atoms with van der Waals surface area (Å²) in [5.74, 6) is 0. The minimum atomic E-state index is 0.915. The van der Waals surface area contributed by atoms with E-state index in [1.54, 1.807) is 11.3 Å². The van der Waals surface area contributed by atoms with Gasteiger partial charge in [0, 0.05) is 19.9 Å². The minimum Gasteiger partial charge on any atom is -0.143 e. The molecule has 1 heterocycles. The summed E-state index contributed by atoms with van der Waals surface area (Å²) in [6.07, 6.45) is 0. The zero-order valence-corrected chi connectivity index (χ0v) is 11.1. The number of aryl methyl sites for hydroxylation is 1. The van der Waals surface area contributed by atoms with E-state index in [4.69, 9.17) is 0 Å². The highest BCUT2D eigenvalue weighted by Crippen LogP contribution is 2.33. The average molecular weight is 320 g/mol. The fourth-order valence-electron chi connectivity index (χ4n) is 1.40. The zero-order chi connectivity index (χ0) is 9.42. The Morgan fingerprint density at radius 3 is 2.85 bits per heavy atom. The van der Waals surface area contributed by atoms with Gasteiger partial charge in [-0.3, -0.25) is 0 Å². The standard InChI is InChI=1S/C10H8Br2S/c1-6-5-13-9-3-7(4-11)2-8(12)10(6)9/h2-3,5H,4H2,1H3. The molecule has 2 aromatic rings. The third kappa shape index (κ3) is 1.69. The van der Waals surface area contributed by atoms with Crippen LogP contribution in [0.5, 0.6) is 0 Å². The summed E-state index contributed by atoms with van der Waals surface area (Å²) in [7, 11) is 0. The molecule has 68 valence electrons. The first-order valence-corrected chi connectivity index (χ1v) is 6.74. The van der Waals surface area contributed by atoms with E-state index in [0.29, 0.717) is 0 Å². The smallest absolute Gasteiger partial charge is 0.0359 e. The quantitative estimate of drug-likeness (QED) is 0.658. The Bertz CT molecular complexity index is 445. The van der Waals surface area contributed by atoms with Gasteiger partial charge in [-0.05, 0) is 35.6 Å². The van der Waals surface area contributed by atoms with Crippen molar-refractivity contribution in [2.75, 3.05) is 0 Å². The van der Waals surface area contributed by atoms with Gasteiger partial charge >= 0.3 is 0 Å². The lowest BCUT2D eigenvalue weighted by atomic mass is 10.1. The monoisotopic (exact) mass is 318 g/mol. The summed E-state index contributed by atoms with van der Waals surface area (Å²) in [4.78, 5) is 0. The van der Waals surface area contributed by atoms with Crippen LogP contribution in [-0.2, 0) is 5.33 Å². The number of thiophene rings is 1. The lowest BCUT2D eigenvalue weighted by Crippen LogP contribution is -1.78. The van der Waals surface area contributed by atoms with Crippen LogP contribution in [0.1, 0.15) is 11.1 Å². The second-order valence-electron chi connectivity index (χ2n) is 3.00. The summed E-state index contributed by atoms with van der Waals surface area (Å²) < 4.78 is 2.57. The molecule has 0 bridgehead atoms. The van der Waals surface area contributed by atoms with Crippen LogP contribution >= 0.6 is 43.2 Å². The van der Waals surface area contributed by atoms with Crippen LogP contribution in [0.25, 0.3) is 10.1 Å². The maximum absolute atomic E-state index is 3.60. The molecule has 1 aromatic heterocycles. The molecule has 0 saturated heterocycles. The summed E-state index contributed by atoms with van der Waals surface area (Å²) >= 11 is 8.88. The Kier molecular flexibility index (Phi) is 2.77. The zero-order valence-electron chi connectivity index (χ0n) is 7.10. The van der Waals surface area contributed by atoms with Gasteiger partial charge < -0.3 is 0 Å². The van der Waals surface area contributed by atoms with E-state index in [-0.39, 0.29) is 0 Å². The average Bonchev–Trinajstić information content (AvgIpc) is 2.48. The summed E-state index contributed by atoms with van der Waals surface area (Å²) in [6.45, 7) is 2.15. The minimum absolute atomic E-state index is 0.915. The number of rotatable bonds is 1. The first-order chi connectivity index (χ1) is 6.22. The van der Waals surface area contributed by atoms with E-state index in [9.17, 15) is 0 Å². The first kappa shape index (κ1) is 9.69. The summed E-state index contributed by atoms with van der Waals surface area (Å²) in [5, 5.41) is 4.47. The largest absolute Gasteiger partial charge is 0.143 e. The SMILES string of the molecule is Cc1csc2cc(CBr)cc(Br)c12. The molecule has 0 nitrogen and oxygen atoms in total. The Balaban J connectivity index is 2.79. The second-order valence-corrected chi connectivity index (χ2v) is 5.33. The van der Waals surface area contributed by atoms with Gasteiger partial charge in [0.05, 0.1) is 0 Å². The van der Waals surface area contributed by atoms with E-state index in [1.807, 2.05) is 0 Å². The van der Waals surface area contributed by atoms with Crippen molar-refractivity contribution in [3.63, 3.8) is 0 Å². The van der Waals surface area contributed by atoms with Crippen molar-refractivity contribution >= 4 is 53.3 Å². The molecule has 0 unspecified atom stereocenters. The van der Waals surface area contributed by atoms with Crippen LogP contribution in [0.4, 0.5) is 0 Å². The number of benzene rings is 1. The van der Waals surface area contributed by atoms with Gasteiger partial charge in [0.2, 0.25) is 0 Å². The number of alkyl halides is 1. The predicted molar refractivity (Wildman–Crippen MR) is 66.9 cm³/mol. The number of hydrogen-bond donors (Lipinski definition) is 0. The molecular weight excluding hydrogens is 312 g/mol. The van der Waals surface area contributed by atoms with Crippen molar-refractivity contribution in [3.05, 3.63) is 33.1 Å². The molecule has 0 N–H and O–H groups in total. The molecule has 0 spiro atoms. The van der Waals surface area contributed by atoms with Gasteiger partial charge in [-0.25, -0.2) is 0 Å². The fourth-order valence-corrected chi connectivity index (χ4v) is 3.70. The predicted octanol–water partition coefficient (Wildman–Crippen LogP) is 4.87. The highest BCUT2D eigenvalue weighted by atomic mass is 79.9. The van der Waals surface area contributed by atoms with Crippen LogP contribution in [0.15, 0.2) is 22.0 Å². The van der Waals surface area contributed by atoms with Gasteiger partial charge in [-0.1, -0.05) is 31.9 Å². The lowest BCUT2D eigenvalue weighted by molar-refractivity contribution is 1.45. The van der Waals surface area contributed by atoms with Crippen molar-refractivity contribution in [2.24, 2.45) is 0 Å². The van der Waals surface area contributed by atoms with Gasteiger partial charge in [0.1, 0.15) is 0 Å². The topological polar surface area (TPSA) is 0 Å². The molecule has 0 radical (unpaired) electrons. The Labute approximate surface area is 98.2 Å². The highest BCUT2D eigenvalue weighted by Gasteiger charge is 2.05. The first-order valence-electron chi connectivity index (χ1n) is 3.94. The second kappa shape index (κ2) is 3.71. The van der Waals surface area contributed by atoms with Crippen molar-refractivity contribution in [3.8, 4) is 0 Å². The van der Waals surface area contributed by atoms with E-state index >= 15 is 0 Å². The number of fused-ring (bicyclic) bond motifs is 1. The molecule has 0 amide bonds. The lowest BCUT2D eigenvalue weighted by Gasteiger charge is -2.00. The van der Waals surface area contributed by atoms with Crippen molar-refractivity contribution < 1.29 is 0 Å². The van der Waals surface area contributed by atoms with Gasteiger partial charge in [-0.15, -0.1) is 11.3 Å². The third-order valence-electron chi connectivity index (χ3n) is 2.03. The molecular formula is C10H8Br2S. The third-order valence-corrected chi connectivity index (χ3v) is 4.35. The van der Waals surface area contributed by atoms with E-state index in [2.05, 4.69) is 56.3 Å². The molecule has 3 heteroatoms. The van der Waals surface area contributed by atoms with E-state index in [1.165, 1.54) is 25.7 Å². The molecule has 13 heavy (non-hydrogen) atoms. The highest BCUT2D eigenvalue weighted by molar-refractivity contribution is 9.10. The van der Waals surface area contributed by atoms with Gasteiger partial charge in [0.25, 0.3) is 0 Å². The normalized spacial score (nSPS) is 11.0. The summed E-state index contributed by atoms with van der Waals surface area (Å²) in [6, 6.07) is 4.42. The molecule has 2 rings (SSSR count). The van der Waals surface area contributed by atoms with Gasteiger partial charge in [0.15, 0.2) is 0 Å². The Hall–Kier alpha value is 0.140. The van der Waals surface area contributed by atoms with Crippen LogP contribution in [0, 0.1) is 6.92 Å². The van der Waals surface area contributed by atoms with Crippen molar-refractivity contribution in [2.45, 2.75) is 12.3 Å². The summed E-state index contributed by atoms with van der Waals surface area (Å²) in [5.41, 5.74) is 2.68. The van der Waals surface area contributed by atoms with Crippen LogP contribution in [0.2, 0.25) is 0 Å². The van der Waals surface area contributed by atoms with Crippen LogP contribution < -0.4 is 0 Å². The molecule has 0 aliphatic rings. The molecule has 0 aliphatic heterocycles. The molecule has 1 aromatic carbocycles. The van der Waals surface area contributed by atoms with Crippen molar-refractivity contribution in [1.29, 1.82) is 0 Å². The van der Waals surface area contributed by atoms with Crippen LogP contribution in [0.3, 0.4) is 0 Å². The number of hydrogen-bond acceptors (Lipinski definition) is 1. The Morgan fingerprint density at radius 1 is 1.38 bits per heavy atom. The fraction of sp³-hybridized carbons (Fsp3) is 0.200. The maximum atomic E-state index is 3.60. The molecule has 0 fully saturated rings. The van der Waals surface area contributed by atoms with Crippen LogP contribution in [-0.4, -0.2) is 0 Å². The molecule has 0 saturated carbocycles.